The van der Waals surface area contributed by atoms with E-state index in [0.717, 1.165) is 10.8 Å². The van der Waals surface area contributed by atoms with E-state index in [1.807, 2.05) is 12.1 Å². The smallest absolute Gasteiger partial charge is 0.278 e. The molecule has 0 radical (unpaired) electrons. The van der Waals surface area contributed by atoms with Crippen LogP contribution in [0.3, 0.4) is 0 Å². The molecule has 0 bridgehead atoms. The summed E-state index contributed by atoms with van der Waals surface area (Å²) >= 11 is 0. The van der Waals surface area contributed by atoms with E-state index in [1.54, 1.807) is 26.2 Å². The Labute approximate surface area is 126 Å². The molecule has 0 amide bonds. The number of fused-ring (bicyclic) bond motifs is 3. The van der Waals surface area contributed by atoms with Crippen LogP contribution < -0.4 is 4.74 Å². The van der Waals surface area contributed by atoms with Gasteiger partial charge in [0, 0.05) is 23.9 Å². The molecule has 1 heterocycles. The predicted molar refractivity (Wildman–Crippen MR) is 82.4 cm³/mol. The van der Waals surface area contributed by atoms with Crippen molar-refractivity contribution in [3.63, 3.8) is 0 Å². The number of benzene rings is 2. The highest BCUT2D eigenvalue weighted by Crippen LogP contribution is 2.37. The van der Waals surface area contributed by atoms with Crippen molar-refractivity contribution in [1.29, 1.82) is 0 Å². The summed E-state index contributed by atoms with van der Waals surface area (Å²) in [5.41, 5.74) is 1.62. The minimum atomic E-state index is -0.419. The lowest BCUT2D eigenvalue weighted by Gasteiger charge is -2.10. The minimum Gasteiger partial charge on any atom is -0.497 e. The molecule has 0 aliphatic rings. The van der Waals surface area contributed by atoms with Gasteiger partial charge in [0.25, 0.3) is 5.69 Å². The van der Waals surface area contributed by atoms with E-state index in [-0.39, 0.29) is 11.8 Å². The van der Waals surface area contributed by atoms with Crippen molar-refractivity contribution in [2.45, 2.75) is 13.0 Å². The maximum Gasteiger partial charge on any atom is 0.278 e. The molecular formula is C16H15NO5. The largest absolute Gasteiger partial charge is 0.497 e. The molecule has 0 spiro atoms. The van der Waals surface area contributed by atoms with Gasteiger partial charge in [0.05, 0.1) is 29.8 Å². The average molecular weight is 301 g/mol. The maximum atomic E-state index is 11.3. The Bertz CT molecular complexity index is 868. The van der Waals surface area contributed by atoms with Gasteiger partial charge in [-0.2, -0.15) is 0 Å². The third-order valence-corrected chi connectivity index (χ3v) is 3.82. The van der Waals surface area contributed by atoms with Gasteiger partial charge in [-0.1, -0.05) is 0 Å². The summed E-state index contributed by atoms with van der Waals surface area (Å²) in [6.07, 6.45) is -0.381. The summed E-state index contributed by atoms with van der Waals surface area (Å²) < 4.78 is 16.1. The maximum absolute atomic E-state index is 11.3. The Kier molecular flexibility index (Phi) is 3.46. The standard InChI is InChI=1S/C16H15NO5/c1-9(20-2)12-7-13-11-5-4-10(21-3)6-15(11)22-16(13)8-14(12)17(18)19/h4-9H,1-3H3. The van der Waals surface area contributed by atoms with Crippen molar-refractivity contribution in [1.82, 2.24) is 0 Å². The molecule has 22 heavy (non-hydrogen) atoms. The van der Waals surface area contributed by atoms with Gasteiger partial charge in [-0.3, -0.25) is 10.1 Å². The average Bonchev–Trinajstić information content (AvgIpc) is 2.89. The van der Waals surface area contributed by atoms with Gasteiger partial charge in [-0.15, -0.1) is 0 Å². The van der Waals surface area contributed by atoms with Gasteiger partial charge in [0.15, 0.2) is 0 Å². The zero-order valence-electron chi connectivity index (χ0n) is 12.5. The van der Waals surface area contributed by atoms with E-state index in [9.17, 15) is 10.1 Å². The van der Waals surface area contributed by atoms with Gasteiger partial charge in [0.1, 0.15) is 16.9 Å². The van der Waals surface area contributed by atoms with E-state index in [2.05, 4.69) is 0 Å². The number of hydrogen-bond acceptors (Lipinski definition) is 5. The molecule has 1 atom stereocenters. The van der Waals surface area contributed by atoms with Crippen molar-refractivity contribution in [2.75, 3.05) is 14.2 Å². The first-order valence-corrected chi connectivity index (χ1v) is 6.76. The molecule has 6 heteroatoms. The molecule has 3 aromatic rings. The molecular weight excluding hydrogens is 286 g/mol. The van der Waals surface area contributed by atoms with Crippen LogP contribution in [0.15, 0.2) is 34.7 Å². The van der Waals surface area contributed by atoms with Crippen molar-refractivity contribution in [3.8, 4) is 5.75 Å². The second kappa shape index (κ2) is 5.31. The molecule has 0 saturated heterocycles. The monoisotopic (exact) mass is 301 g/mol. The Morgan fingerprint density at radius 2 is 1.86 bits per heavy atom. The molecule has 6 nitrogen and oxygen atoms in total. The van der Waals surface area contributed by atoms with Crippen molar-refractivity contribution < 1.29 is 18.8 Å². The van der Waals surface area contributed by atoms with Crippen LogP contribution in [0.5, 0.6) is 5.75 Å². The van der Waals surface area contributed by atoms with Crippen LogP contribution in [-0.2, 0) is 4.74 Å². The fourth-order valence-corrected chi connectivity index (χ4v) is 2.55. The SMILES string of the molecule is COc1ccc2c(c1)oc1cc([N+](=O)[O-])c(C(C)OC)cc12. The Morgan fingerprint density at radius 3 is 2.50 bits per heavy atom. The summed E-state index contributed by atoms with van der Waals surface area (Å²) in [6, 6.07) is 8.69. The van der Waals surface area contributed by atoms with Gasteiger partial charge in [-0.25, -0.2) is 0 Å². The number of nitrogens with zero attached hydrogens (tertiary/aromatic N) is 1. The number of rotatable bonds is 4. The summed E-state index contributed by atoms with van der Waals surface area (Å²) in [4.78, 5) is 10.9. The zero-order chi connectivity index (χ0) is 15.9. The lowest BCUT2D eigenvalue weighted by atomic mass is 10.0. The van der Waals surface area contributed by atoms with Crippen molar-refractivity contribution in [2.24, 2.45) is 0 Å². The van der Waals surface area contributed by atoms with Crippen LogP contribution in [0, 0.1) is 10.1 Å². The quantitative estimate of drug-likeness (QED) is 0.533. The Balaban J connectivity index is 2.33. The normalized spacial score (nSPS) is 12.7. The molecule has 0 N–H and O–H groups in total. The molecule has 0 saturated carbocycles. The minimum absolute atomic E-state index is 0.00660. The number of nitro groups is 1. The number of ether oxygens (including phenoxy) is 2. The first-order valence-electron chi connectivity index (χ1n) is 6.76. The lowest BCUT2D eigenvalue weighted by Crippen LogP contribution is -2.01. The molecule has 1 unspecified atom stereocenters. The predicted octanol–water partition coefficient (Wildman–Crippen LogP) is 4.21. The first kappa shape index (κ1) is 14.3. The second-order valence-electron chi connectivity index (χ2n) is 5.01. The van der Waals surface area contributed by atoms with Gasteiger partial charge in [-0.05, 0) is 25.1 Å². The third kappa shape index (κ3) is 2.17. The zero-order valence-corrected chi connectivity index (χ0v) is 12.5. The second-order valence-corrected chi connectivity index (χ2v) is 5.01. The van der Waals surface area contributed by atoms with E-state index in [0.29, 0.717) is 22.5 Å². The fraction of sp³-hybridized carbons (Fsp3) is 0.250. The first-order chi connectivity index (χ1) is 10.5. The molecule has 0 aliphatic carbocycles. The van der Waals surface area contributed by atoms with Crippen LogP contribution >= 0.6 is 0 Å². The number of methoxy groups -OCH3 is 2. The van der Waals surface area contributed by atoms with E-state index in [1.165, 1.54) is 13.2 Å². The third-order valence-electron chi connectivity index (χ3n) is 3.82. The Morgan fingerprint density at radius 1 is 1.14 bits per heavy atom. The van der Waals surface area contributed by atoms with Crippen LogP contribution in [0.4, 0.5) is 5.69 Å². The molecule has 0 aliphatic heterocycles. The van der Waals surface area contributed by atoms with Crippen LogP contribution in [-0.4, -0.2) is 19.1 Å². The summed E-state index contributed by atoms with van der Waals surface area (Å²) in [5, 5.41) is 13.0. The van der Waals surface area contributed by atoms with Crippen LogP contribution in [0.1, 0.15) is 18.6 Å². The number of furan rings is 1. The molecule has 114 valence electrons. The summed E-state index contributed by atoms with van der Waals surface area (Å²) in [7, 11) is 3.10. The molecule has 3 rings (SSSR count). The molecule has 2 aromatic carbocycles. The van der Waals surface area contributed by atoms with Gasteiger partial charge >= 0.3 is 0 Å². The van der Waals surface area contributed by atoms with E-state index < -0.39 is 4.92 Å². The van der Waals surface area contributed by atoms with E-state index in [4.69, 9.17) is 13.9 Å². The van der Waals surface area contributed by atoms with Crippen LogP contribution in [0.2, 0.25) is 0 Å². The van der Waals surface area contributed by atoms with Gasteiger partial charge in [0.2, 0.25) is 0 Å². The molecule has 0 fully saturated rings. The highest BCUT2D eigenvalue weighted by molar-refractivity contribution is 6.06. The molecule has 1 aromatic heterocycles. The highest BCUT2D eigenvalue weighted by Gasteiger charge is 2.22. The summed E-state index contributed by atoms with van der Waals surface area (Å²) in [5.74, 6) is 0.673. The number of nitro benzene ring substituents is 1. The summed E-state index contributed by atoms with van der Waals surface area (Å²) in [6.45, 7) is 1.78. The lowest BCUT2D eigenvalue weighted by molar-refractivity contribution is -0.386. The topological polar surface area (TPSA) is 74.7 Å². The number of hydrogen-bond donors (Lipinski definition) is 0. The van der Waals surface area contributed by atoms with E-state index >= 15 is 0 Å². The Hall–Kier alpha value is -2.60. The van der Waals surface area contributed by atoms with Crippen LogP contribution in [0.25, 0.3) is 21.9 Å². The van der Waals surface area contributed by atoms with Gasteiger partial charge < -0.3 is 13.9 Å². The van der Waals surface area contributed by atoms with Crippen molar-refractivity contribution >= 4 is 27.6 Å². The fourth-order valence-electron chi connectivity index (χ4n) is 2.55. The van der Waals surface area contributed by atoms with Crippen molar-refractivity contribution in [3.05, 3.63) is 46.0 Å². The highest BCUT2D eigenvalue weighted by atomic mass is 16.6.